The Bertz CT molecular complexity index is 743. The number of aliphatic imine (C=N–C) groups is 1. The quantitative estimate of drug-likeness (QED) is 0.366. The molecule has 2 aromatic rings. The van der Waals surface area contributed by atoms with Gasteiger partial charge in [-0.2, -0.15) is 0 Å². The van der Waals surface area contributed by atoms with Gasteiger partial charge in [0.1, 0.15) is 5.75 Å². The molecule has 0 spiro atoms. The Morgan fingerprint density at radius 1 is 1.23 bits per heavy atom. The molecule has 1 aromatic carbocycles. The maximum absolute atomic E-state index is 6.09. The number of rotatable bonds is 6. The normalized spacial score (nSPS) is 14.3. The number of hydrogen-bond acceptors (Lipinski definition) is 4. The minimum Gasteiger partial charge on any atom is -0.490 e. The molecule has 26 heavy (non-hydrogen) atoms. The standard InChI is InChI=1S/C19H26N4OS.HI/c1-13-18(25-14(2)23-13)12-22-19(20-3)21-11-15-7-4-5-10-17(15)24-16-8-6-9-16;/h4-5,7,10,16H,6,8-9,11-12H2,1-3H3,(H2,20,21,22);1H. The highest BCUT2D eigenvalue weighted by Gasteiger charge is 2.20. The number of para-hydroxylation sites is 1. The second kappa shape index (κ2) is 10.1. The molecule has 0 saturated heterocycles. The molecule has 0 amide bonds. The highest BCUT2D eigenvalue weighted by Crippen LogP contribution is 2.27. The number of halogens is 1. The maximum atomic E-state index is 6.09. The lowest BCUT2D eigenvalue weighted by molar-refractivity contribution is 0.119. The van der Waals surface area contributed by atoms with Crippen molar-refractivity contribution < 1.29 is 4.74 Å². The molecule has 0 radical (unpaired) electrons. The fourth-order valence-electron chi connectivity index (χ4n) is 2.73. The first kappa shape index (κ1) is 21.0. The summed E-state index contributed by atoms with van der Waals surface area (Å²) in [5, 5.41) is 7.83. The van der Waals surface area contributed by atoms with E-state index in [0.29, 0.717) is 12.6 Å². The molecule has 1 aromatic heterocycles. The number of aromatic nitrogens is 1. The third-order valence-corrected chi connectivity index (χ3v) is 5.48. The molecule has 0 aliphatic heterocycles. The average Bonchev–Trinajstić information content (AvgIpc) is 2.89. The number of guanidine groups is 1. The van der Waals surface area contributed by atoms with Gasteiger partial charge in [0.25, 0.3) is 0 Å². The Labute approximate surface area is 176 Å². The minimum atomic E-state index is 0. The second-order valence-corrected chi connectivity index (χ2v) is 7.59. The molecule has 2 N–H and O–H groups in total. The first-order chi connectivity index (χ1) is 12.2. The monoisotopic (exact) mass is 486 g/mol. The number of nitrogens with zero attached hydrogens (tertiary/aromatic N) is 2. The van der Waals surface area contributed by atoms with Crippen LogP contribution in [0.3, 0.4) is 0 Å². The molecule has 0 unspecified atom stereocenters. The van der Waals surface area contributed by atoms with Gasteiger partial charge in [0, 0.05) is 24.0 Å². The summed E-state index contributed by atoms with van der Waals surface area (Å²) in [7, 11) is 1.79. The maximum Gasteiger partial charge on any atom is 0.191 e. The molecule has 1 aliphatic carbocycles. The van der Waals surface area contributed by atoms with Gasteiger partial charge in [0.15, 0.2) is 5.96 Å². The van der Waals surface area contributed by atoms with E-state index in [1.54, 1.807) is 18.4 Å². The molecule has 1 heterocycles. The highest BCUT2D eigenvalue weighted by atomic mass is 127. The van der Waals surface area contributed by atoms with Crippen LogP contribution in [0.5, 0.6) is 5.75 Å². The largest absolute Gasteiger partial charge is 0.490 e. The van der Waals surface area contributed by atoms with Gasteiger partial charge in [-0.1, -0.05) is 18.2 Å². The first-order valence-electron chi connectivity index (χ1n) is 8.77. The summed E-state index contributed by atoms with van der Waals surface area (Å²) in [6.07, 6.45) is 3.99. The van der Waals surface area contributed by atoms with Crippen molar-refractivity contribution in [2.45, 2.75) is 52.3 Å². The second-order valence-electron chi connectivity index (χ2n) is 6.30. The van der Waals surface area contributed by atoms with Crippen molar-refractivity contribution >= 4 is 41.3 Å². The summed E-state index contributed by atoms with van der Waals surface area (Å²) < 4.78 is 6.09. The van der Waals surface area contributed by atoms with E-state index in [-0.39, 0.29) is 24.0 Å². The summed E-state index contributed by atoms with van der Waals surface area (Å²) in [4.78, 5) is 10.0. The van der Waals surface area contributed by atoms with Gasteiger partial charge in [-0.25, -0.2) is 4.98 Å². The number of ether oxygens (including phenoxy) is 1. The predicted octanol–water partition coefficient (Wildman–Crippen LogP) is 4.17. The van der Waals surface area contributed by atoms with E-state index >= 15 is 0 Å². The van der Waals surface area contributed by atoms with Crippen LogP contribution in [0.2, 0.25) is 0 Å². The van der Waals surface area contributed by atoms with Gasteiger partial charge in [-0.05, 0) is 39.2 Å². The zero-order valence-corrected chi connectivity index (χ0v) is 18.7. The van der Waals surface area contributed by atoms with Crippen molar-refractivity contribution in [1.82, 2.24) is 15.6 Å². The molecule has 7 heteroatoms. The SMILES string of the molecule is CN=C(NCc1ccccc1OC1CCC1)NCc1sc(C)nc1C.I. The molecule has 1 aliphatic rings. The average molecular weight is 486 g/mol. The molecule has 3 rings (SSSR count). The lowest BCUT2D eigenvalue weighted by atomic mass is 9.96. The Hall–Kier alpha value is -1.35. The van der Waals surface area contributed by atoms with Gasteiger partial charge >= 0.3 is 0 Å². The van der Waals surface area contributed by atoms with Crippen LogP contribution >= 0.6 is 35.3 Å². The highest BCUT2D eigenvalue weighted by molar-refractivity contribution is 14.0. The first-order valence-corrected chi connectivity index (χ1v) is 9.59. The molecule has 0 atom stereocenters. The third kappa shape index (κ3) is 5.57. The molecular weight excluding hydrogens is 459 g/mol. The number of nitrogens with one attached hydrogen (secondary N) is 2. The molecular formula is C19H27IN4OS. The van der Waals surface area contributed by atoms with Crippen molar-refractivity contribution in [2.75, 3.05) is 7.05 Å². The van der Waals surface area contributed by atoms with E-state index < -0.39 is 0 Å². The lowest BCUT2D eigenvalue weighted by Gasteiger charge is -2.27. The van der Waals surface area contributed by atoms with Crippen molar-refractivity contribution in [3.63, 3.8) is 0 Å². The number of hydrogen-bond donors (Lipinski definition) is 2. The number of thiazole rings is 1. The topological polar surface area (TPSA) is 58.5 Å². The van der Waals surface area contributed by atoms with Crippen LogP contribution < -0.4 is 15.4 Å². The minimum absolute atomic E-state index is 0. The van der Waals surface area contributed by atoms with E-state index in [1.165, 1.54) is 24.1 Å². The zero-order valence-electron chi connectivity index (χ0n) is 15.5. The Balaban J connectivity index is 0.00000243. The zero-order chi connectivity index (χ0) is 17.6. The van der Waals surface area contributed by atoms with Crippen molar-refractivity contribution in [2.24, 2.45) is 4.99 Å². The van der Waals surface area contributed by atoms with Crippen LogP contribution in [0, 0.1) is 13.8 Å². The van der Waals surface area contributed by atoms with E-state index in [2.05, 4.69) is 32.7 Å². The predicted molar refractivity (Wildman–Crippen MR) is 119 cm³/mol. The molecule has 142 valence electrons. The van der Waals surface area contributed by atoms with E-state index in [0.717, 1.165) is 34.5 Å². The third-order valence-electron chi connectivity index (χ3n) is 4.40. The Morgan fingerprint density at radius 2 is 1.96 bits per heavy atom. The summed E-state index contributed by atoms with van der Waals surface area (Å²) >= 11 is 1.72. The van der Waals surface area contributed by atoms with E-state index in [9.17, 15) is 0 Å². The summed E-state index contributed by atoms with van der Waals surface area (Å²) in [6, 6.07) is 8.23. The summed E-state index contributed by atoms with van der Waals surface area (Å²) in [6.45, 7) is 5.50. The van der Waals surface area contributed by atoms with Crippen LogP contribution in [0.25, 0.3) is 0 Å². The van der Waals surface area contributed by atoms with Crippen LogP contribution in [-0.4, -0.2) is 24.1 Å². The van der Waals surface area contributed by atoms with Gasteiger partial charge < -0.3 is 15.4 Å². The van der Waals surface area contributed by atoms with Gasteiger partial charge in [0.2, 0.25) is 0 Å². The van der Waals surface area contributed by atoms with Gasteiger partial charge in [-0.3, -0.25) is 4.99 Å². The summed E-state index contributed by atoms with van der Waals surface area (Å²) in [5.74, 6) is 1.76. The van der Waals surface area contributed by atoms with Gasteiger partial charge in [-0.15, -0.1) is 35.3 Å². The summed E-state index contributed by atoms with van der Waals surface area (Å²) in [5.41, 5.74) is 2.24. The van der Waals surface area contributed by atoms with Crippen molar-refractivity contribution in [3.8, 4) is 5.75 Å². The molecule has 5 nitrogen and oxygen atoms in total. The Kier molecular flexibility index (Phi) is 8.15. The smallest absolute Gasteiger partial charge is 0.191 e. The molecule has 1 saturated carbocycles. The number of aryl methyl sites for hydroxylation is 2. The number of benzene rings is 1. The van der Waals surface area contributed by atoms with Crippen molar-refractivity contribution in [3.05, 3.63) is 45.4 Å². The van der Waals surface area contributed by atoms with Crippen LogP contribution in [0.1, 0.15) is 40.4 Å². The fourth-order valence-corrected chi connectivity index (χ4v) is 3.61. The van der Waals surface area contributed by atoms with E-state index in [1.807, 2.05) is 26.0 Å². The van der Waals surface area contributed by atoms with Crippen molar-refractivity contribution in [1.29, 1.82) is 0 Å². The fraction of sp³-hybridized carbons (Fsp3) is 0.474. The lowest BCUT2D eigenvalue weighted by Crippen LogP contribution is -2.36. The molecule has 1 fully saturated rings. The van der Waals surface area contributed by atoms with E-state index in [4.69, 9.17) is 4.74 Å². The Morgan fingerprint density at radius 3 is 2.58 bits per heavy atom. The molecule has 0 bridgehead atoms. The van der Waals surface area contributed by atoms with Crippen LogP contribution in [0.15, 0.2) is 29.3 Å². The van der Waals surface area contributed by atoms with Crippen LogP contribution in [-0.2, 0) is 13.1 Å². The van der Waals surface area contributed by atoms with Gasteiger partial charge in [0.05, 0.1) is 23.4 Å². The van der Waals surface area contributed by atoms with Crippen LogP contribution in [0.4, 0.5) is 0 Å².